The Kier molecular flexibility index (Phi) is 9.34. The third kappa shape index (κ3) is 7.19. The van der Waals surface area contributed by atoms with Crippen LogP contribution < -0.4 is 14.4 Å². The number of aromatic nitrogens is 4. The molecule has 8 heteroatoms. The molecule has 2 unspecified atom stereocenters. The minimum Gasteiger partial charge on any atom is -0.497 e. The summed E-state index contributed by atoms with van der Waals surface area (Å²) in [5, 5.41) is 4.34. The highest BCUT2D eigenvalue weighted by atomic mass is 16.5. The van der Waals surface area contributed by atoms with Crippen LogP contribution in [0.1, 0.15) is 17.5 Å². The van der Waals surface area contributed by atoms with Crippen LogP contribution in [0.25, 0.3) is 22.3 Å². The maximum absolute atomic E-state index is 5.75. The van der Waals surface area contributed by atoms with Gasteiger partial charge in [0, 0.05) is 68.0 Å². The van der Waals surface area contributed by atoms with Gasteiger partial charge >= 0.3 is 0 Å². The van der Waals surface area contributed by atoms with Gasteiger partial charge in [0.1, 0.15) is 11.5 Å². The molecule has 2 aromatic heterocycles. The molecule has 1 saturated heterocycles. The molecule has 6 aromatic rings. The molecule has 0 amide bonds. The van der Waals surface area contributed by atoms with E-state index in [0.717, 1.165) is 84.2 Å². The van der Waals surface area contributed by atoms with Crippen molar-refractivity contribution in [3.63, 3.8) is 0 Å². The van der Waals surface area contributed by atoms with E-state index >= 15 is 0 Å². The molecule has 244 valence electrons. The highest BCUT2D eigenvalue weighted by Gasteiger charge is 2.32. The SMILES string of the molecule is COc1cc(OC)cc(N(CC2CN(Cc3ccccc3)CCC2Cc2ccccc2)c2ccc3ncc(-c4cnn(C)c4)nc3c2)c1. The van der Waals surface area contributed by atoms with Crippen LogP contribution in [0.4, 0.5) is 11.4 Å². The lowest BCUT2D eigenvalue weighted by Crippen LogP contribution is -2.45. The molecular formula is C40H42N6O2. The van der Waals surface area contributed by atoms with Crippen LogP contribution in [0.5, 0.6) is 11.5 Å². The van der Waals surface area contributed by atoms with E-state index in [1.54, 1.807) is 18.9 Å². The van der Waals surface area contributed by atoms with E-state index in [2.05, 4.69) is 106 Å². The lowest BCUT2D eigenvalue weighted by atomic mass is 9.80. The number of fused-ring (bicyclic) bond motifs is 1. The number of hydrogen-bond acceptors (Lipinski definition) is 7. The molecule has 1 aliphatic heterocycles. The Balaban J connectivity index is 1.28. The number of rotatable bonds is 11. The molecular weight excluding hydrogens is 596 g/mol. The van der Waals surface area contributed by atoms with Crippen molar-refractivity contribution in [2.24, 2.45) is 18.9 Å². The number of hydrogen-bond donors (Lipinski definition) is 0. The molecule has 1 aliphatic rings. The molecule has 4 aromatic carbocycles. The number of methoxy groups -OCH3 is 2. The number of benzene rings is 4. The van der Waals surface area contributed by atoms with Crippen LogP contribution >= 0.6 is 0 Å². The zero-order chi connectivity index (χ0) is 32.9. The summed E-state index contributed by atoms with van der Waals surface area (Å²) < 4.78 is 13.3. The first kappa shape index (κ1) is 31.4. The van der Waals surface area contributed by atoms with E-state index in [4.69, 9.17) is 19.4 Å². The molecule has 0 aliphatic carbocycles. The second-order valence-electron chi connectivity index (χ2n) is 12.7. The lowest BCUT2D eigenvalue weighted by molar-refractivity contribution is 0.117. The summed E-state index contributed by atoms with van der Waals surface area (Å²) in [4.78, 5) is 14.8. The van der Waals surface area contributed by atoms with E-state index in [0.29, 0.717) is 11.8 Å². The molecule has 48 heavy (non-hydrogen) atoms. The summed E-state index contributed by atoms with van der Waals surface area (Å²) in [6.07, 6.45) is 7.80. The Morgan fingerprint density at radius 1 is 0.771 bits per heavy atom. The van der Waals surface area contributed by atoms with Crippen LogP contribution in [-0.2, 0) is 20.0 Å². The van der Waals surface area contributed by atoms with Gasteiger partial charge in [-0.15, -0.1) is 0 Å². The third-order valence-electron chi connectivity index (χ3n) is 9.47. The molecule has 0 saturated carbocycles. The molecule has 0 spiro atoms. The average molecular weight is 639 g/mol. The van der Waals surface area contributed by atoms with Crippen LogP contribution in [0, 0.1) is 11.8 Å². The summed E-state index contributed by atoms with van der Waals surface area (Å²) in [6.45, 7) is 3.85. The maximum Gasteiger partial charge on any atom is 0.124 e. The molecule has 8 nitrogen and oxygen atoms in total. The van der Waals surface area contributed by atoms with Gasteiger partial charge < -0.3 is 14.4 Å². The highest BCUT2D eigenvalue weighted by Crippen LogP contribution is 2.37. The van der Waals surface area contributed by atoms with E-state index in [9.17, 15) is 0 Å². The summed E-state index contributed by atoms with van der Waals surface area (Å²) in [7, 11) is 5.31. The van der Waals surface area contributed by atoms with E-state index in [-0.39, 0.29) is 0 Å². The van der Waals surface area contributed by atoms with Crippen molar-refractivity contribution in [2.45, 2.75) is 19.4 Å². The smallest absolute Gasteiger partial charge is 0.124 e. The van der Waals surface area contributed by atoms with Gasteiger partial charge in [-0.1, -0.05) is 60.7 Å². The molecule has 7 rings (SSSR count). The summed E-state index contributed by atoms with van der Waals surface area (Å²) in [6, 6.07) is 34.3. The number of aryl methyl sites for hydroxylation is 1. The lowest BCUT2D eigenvalue weighted by Gasteiger charge is -2.41. The van der Waals surface area contributed by atoms with Crippen LogP contribution in [0.3, 0.4) is 0 Å². The van der Waals surface area contributed by atoms with Gasteiger partial charge in [0.15, 0.2) is 0 Å². The minimum absolute atomic E-state index is 0.392. The minimum atomic E-state index is 0.392. The van der Waals surface area contributed by atoms with Gasteiger partial charge in [-0.25, -0.2) is 4.98 Å². The van der Waals surface area contributed by atoms with Crippen LogP contribution in [0.15, 0.2) is 116 Å². The second-order valence-corrected chi connectivity index (χ2v) is 12.7. The summed E-state index contributed by atoms with van der Waals surface area (Å²) >= 11 is 0. The van der Waals surface area contributed by atoms with Gasteiger partial charge in [-0.05, 0) is 60.5 Å². The zero-order valence-electron chi connectivity index (χ0n) is 27.9. The Labute approximate surface area is 282 Å². The Hall–Kier alpha value is -5.21. The van der Waals surface area contributed by atoms with Gasteiger partial charge in [-0.3, -0.25) is 14.6 Å². The van der Waals surface area contributed by atoms with Crippen molar-refractivity contribution in [3.8, 4) is 22.8 Å². The normalized spacial score (nSPS) is 16.6. The van der Waals surface area contributed by atoms with Crippen molar-refractivity contribution in [1.29, 1.82) is 0 Å². The van der Waals surface area contributed by atoms with Gasteiger partial charge in [0.05, 0.1) is 43.3 Å². The van der Waals surface area contributed by atoms with Crippen molar-refractivity contribution in [2.75, 3.05) is 38.8 Å². The van der Waals surface area contributed by atoms with Gasteiger partial charge in [0.2, 0.25) is 0 Å². The topological polar surface area (TPSA) is 68.5 Å². The summed E-state index contributed by atoms with van der Waals surface area (Å²) in [5.41, 5.74) is 8.24. The standard InChI is InChI=1S/C40H42N6O2/c1-44-26-32(23-42-44)40-24-41-38-15-14-34(21-39(38)43-40)46(35-19-36(47-2)22-37(20-35)48-3)28-33-27-45(25-30-12-8-5-9-13-30)17-16-31(33)18-29-10-6-4-7-11-29/h4-15,19-24,26,31,33H,16-18,25,27-28H2,1-3H3. The fourth-order valence-electron chi connectivity index (χ4n) is 6.94. The van der Waals surface area contributed by atoms with Crippen molar-refractivity contribution < 1.29 is 9.47 Å². The van der Waals surface area contributed by atoms with Crippen molar-refractivity contribution >= 4 is 22.4 Å². The van der Waals surface area contributed by atoms with Crippen LogP contribution in [-0.4, -0.2) is 58.5 Å². The Morgan fingerprint density at radius 3 is 2.19 bits per heavy atom. The quantitative estimate of drug-likeness (QED) is 0.145. The molecule has 1 fully saturated rings. The molecule has 0 N–H and O–H groups in total. The fourth-order valence-corrected chi connectivity index (χ4v) is 6.94. The molecule has 3 heterocycles. The van der Waals surface area contributed by atoms with Gasteiger partial charge in [-0.2, -0.15) is 5.10 Å². The van der Waals surface area contributed by atoms with E-state index in [1.165, 1.54) is 11.1 Å². The first-order valence-electron chi connectivity index (χ1n) is 16.6. The molecule has 2 atom stereocenters. The second kappa shape index (κ2) is 14.3. The Morgan fingerprint density at radius 2 is 1.50 bits per heavy atom. The third-order valence-corrected chi connectivity index (χ3v) is 9.47. The fraction of sp³-hybridized carbons (Fsp3) is 0.275. The monoisotopic (exact) mass is 638 g/mol. The van der Waals surface area contributed by atoms with Crippen molar-refractivity contribution in [1.82, 2.24) is 24.6 Å². The van der Waals surface area contributed by atoms with Crippen molar-refractivity contribution in [3.05, 3.63) is 127 Å². The largest absolute Gasteiger partial charge is 0.497 e. The summed E-state index contributed by atoms with van der Waals surface area (Å²) in [5.74, 6) is 2.42. The number of ether oxygens (including phenoxy) is 2. The molecule has 0 radical (unpaired) electrons. The van der Waals surface area contributed by atoms with E-state index < -0.39 is 0 Å². The number of piperidine rings is 1. The first-order chi connectivity index (χ1) is 23.5. The predicted octanol–water partition coefficient (Wildman–Crippen LogP) is 7.57. The first-order valence-corrected chi connectivity index (χ1v) is 16.6. The zero-order valence-corrected chi connectivity index (χ0v) is 27.9. The van der Waals surface area contributed by atoms with Gasteiger partial charge in [0.25, 0.3) is 0 Å². The average Bonchev–Trinajstić information content (AvgIpc) is 3.57. The maximum atomic E-state index is 5.75. The van der Waals surface area contributed by atoms with Crippen LogP contribution in [0.2, 0.25) is 0 Å². The predicted molar refractivity (Wildman–Crippen MR) is 192 cm³/mol. The highest BCUT2D eigenvalue weighted by molar-refractivity contribution is 5.82. The molecule has 0 bridgehead atoms. The number of nitrogens with zero attached hydrogens (tertiary/aromatic N) is 6. The van der Waals surface area contributed by atoms with E-state index in [1.807, 2.05) is 31.7 Å². The Bertz CT molecular complexity index is 1940. The number of likely N-dealkylation sites (tertiary alicyclic amines) is 1. The number of anilines is 2.